The molecule has 20 heavy (non-hydrogen) atoms. The van der Waals surface area contributed by atoms with Crippen molar-refractivity contribution in [3.8, 4) is 0 Å². The Kier molecular flexibility index (Phi) is 4.68. The van der Waals surface area contributed by atoms with E-state index in [-0.39, 0.29) is 5.69 Å². The lowest BCUT2D eigenvalue weighted by atomic mass is 10.2. The number of rotatable bonds is 4. The van der Waals surface area contributed by atoms with Crippen LogP contribution in [0.15, 0.2) is 48.5 Å². The second-order valence-electron chi connectivity index (χ2n) is 4.25. The molecule has 0 spiro atoms. The third kappa shape index (κ3) is 3.55. The molecule has 0 unspecified atom stereocenters. The number of carbonyl (C=O) groups excluding carboxylic acids is 1. The SMILES string of the molecule is CNCc1ccccc1NC(=O)Nc1ccccc1F. The second-order valence-corrected chi connectivity index (χ2v) is 4.25. The van der Waals surface area contributed by atoms with E-state index in [4.69, 9.17) is 0 Å². The minimum absolute atomic E-state index is 0.149. The Balaban J connectivity index is 2.07. The van der Waals surface area contributed by atoms with Gasteiger partial charge >= 0.3 is 6.03 Å². The average molecular weight is 273 g/mol. The van der Waals surface area contributed by atoms with Gasteiger partial charge in [-0.15, -0.1) is 0 Å². The zero-order valence-corrected chi connectivity index (χ0v) is 11.1. The van der Waals surface area contributed by atoms with Crippen molar-refractivity contribution in [2.24, 2.45) is 0 Å². The fourth-order valence-electron chi connectivity index (χ4n) is 1.83. The number of hydrogen-bond acceptors (Lipinski definition) is 2. The molecule has 5 heteroatoms. The van der Waals surface area contributed by atoms with E-state index in [1.165, 1.54) is 12.1 Å². The molecule has 2 amide bonds. The monoisotopic (exact) mass is 273 g/mol. The number of anilines is 2. The molecule has 3 N–H and O–H groups in total. The molecule has 0 saturated heterocycles. The maximum atomic E-state index is 13.4. The number of benzene rings is 2. The molecule has 0 fully saturated rings. The number of hydrogen-bond donors (Lipinski definition) is 3. The van der Waals surface area contributed by atoms with Gasteiger partial charge in [0.1, 0.15) is 5.82 Å². The van der Waals surface area contributed by atoms with Crippen LogP contribution in [0.5, 0.6) is 0 Å². The highest BCUT2D eigenvalue weighted by molar-refractivity contribution is 6.00. The van der Waals surface area contributed by atoms with Crippen LogP contribution in [0.4, 0.5) is 20.6 Å². The summed E-state index contributed by atoms with van der Waals surface area (Å²) < 4.78 is 13.4. The summed E-state index contributed by atoms with van der Waals surface area (Å²) in [6, 6.07) is 13.0. The van der Waals surface area contributed by atoms with Crippen LogP contribution in [0.3, 0.4) is 0 Å². The van der Waals surface area contributed by atoms with Crippen molar-refractivity contribution in [3.05, 3.63) is 59.9 Å². The first-order valence-corrected chi connectivity index (χ1v) is 6.25. The quantitative estimate of drug-likeness (QED) is 0.801. The van der Waals surface area contributed by atoms with Crippen LogP contribution in [0.25, 0.3) is 0 Å². The van der Waals surface area contributed by atoms with Crippen LogP contribution >= 0.6 is 0 Å². The van der Waals surface area contributed by atoms with Crippen molar-refractivity contribution in [2.45, 2.75) is 6.54 Å². The van der Waals surface area contributed by atoms with E-state index >= 15 is 0 Å². The standard InChI is InChI=1S/C15H16FN3O/c1-17-10-11-6-2-4-8-13(11)18-15(20)19-14-9-5-3-7-12(14)16/h2-9,17H,10H2,1H3,(H2,18,19,20). The van der Waals surface area contributed by atoms with Crippen LogP contribution in [0.1, 0.15) is 5.56 Å². The van der Waals surface area contributed by atoms with E-state index in [0.717, 1.165) is 5.56 Å². The van der Waals surface area contributed by atoms with Crippen molar-refractivity contribution in [3.63, 3.8) is 0 Å². The van der Waals surface area contributed by atoms with Crippen molar-refractivity contribution < 1.29 is 9.18 Å². The maximum absolute atomic E-state index is 13.4. The molecule has 0 aliphatic rings. The van der Waals surface area contributed by atoms with Gasteiger partial charge in [-0.3, -0.25) is 0 Å². The first kappa shape index (κ1) is 14.0. The molecule has 0 aliphatic heterocycles. The fourth-order valence-corrected chi connectivity index (χ4v) is 1.83. The zero-order chi connectivity index (χ0) is 14.4. The second kappa shape index (κ2) is 6.68. The number of nitrogens with one attached hydrogen (secondary N) is 3. The molecule has 104 valence electrons. The van der Waals surface area contributed by atoms with E-state index in [1.54, 1.807) is 18.2 Å². The molecular weight excluding hydrogens is 257 g/mol. The van der Waals surface area contributed by atoms with Gasteiger partial charge in [-0.2, -0.15) is 0 Å². The number of para-hydroxylation sites is 2. The summed E-state index contributed by atoms with van der Waals surface area (Å²) in [5.41, 5.74) is 1.80. The van der Waals surface area contributed by atoms with Gasteiger partial charge in [0.25, 0.3) is 0 Å². The van der Waals surface area contributed by atoms with Crippen LogP contribution in [0.2, 0.25) is 0 Å². The predicted molar refractivity (Wildman–Crippen MR) is 78.2 cm³/mol. The maximum Gasteiger partial charge on any atom is 0.323 e. The smallest absolute Gasteiger partial charge is 0.316 e. The Bertz CT molecular complexity index is 601. The molecule has 4 nitrogen and oxygen atoms in total. The number of urea groups is 1. The van der Waals surface area contributed by atoms with Gasteiger partial charge in [-0.1, -0.05) is 30.3 Å². The molecule has 0 aromatic heterocycles. The highest BCUT2D eigenvalue weighted by atomic mass is 19.1. The highest BCUT2D eigenvalue weighted by Gasteiger charge is 2.08. The summed E-state index contributed by atoms with van der Waals surface area (Å²) in [4.78, 5) is 11.9. The van der Waals surface area contributed by atoms with Crippen LogP contribution in [-0.2, 0) is 6.54 Å². The van der Waals surface area contributed by atoms with Crippen molar-refractivity contribution >= 4 is 17.4 Å². The van der Waals surface area contributed by atoms with Crippen LogP contribution in [0, 0.1) is 5.82 Å². The highest BCUT2D eigenvalue weighted by Crippen LogP contribution is 2.16. The fraction of sp³-hybridized carbons (Fsp3) is 0.133. The molecule has 0 aliphatic carbocycles. The Morgan fingerprint density at radius 2 is 1.60 bits per heavy atom. The summed E-state index contributed by atoms with van der Waals surface area (Å²) >= 11 is 0. The van der Waals surface area contributed by atoms with Crippen LogP contribution < -0.4 is 16.0 Å². The average Bonchev–Trinajstić information content (AvgIpc) is 2.44. The van der Waals surface area contributed by atoms with Gasteiger partial charge in [-0.05, 0) is 30.8 Å². The minimum atomic E-state index is -0.473. The summed E-state index contributed by atoms with van der Waals surface area (Å²) in [5, 5.41) is 8.22. The molecule has 0 saturated carbocycles. The largest absolute Gasteiger partial charge is 0.323 e. The van der Waals surface area contributed by atoms with Crippen molar-refractivity contribution in [1.82, 2.24) is 5.32 Å². The van der Waals surface area contributed by atoms with Crippen molar-refractivity contribution in [2.75, 3.05) is 17.7 Å². The molecule has 2 aromatic rings. The third-order valence-electron chi connectivity index (χ3n) is 2.75. The summed E-state index contributed by atoms with van der Waals surface area (Å²) in [7, 11) is 1.83. The first-order chi connectivity index (χ1) is 9.70. The molecule has 0 heterocycles. The van der Waals surface area contributed by atoms with Crippen molar-refractivity contribution in [1.29, 1.82) is 0 Å². The topological polar surface area (TPSA) is 53.2 Å². The molecule has 2 aromatic carbocycles. The van der Waals surface area contributed by atoms with Crippen LogP contribution in [-0.4, -0.2) is 13.1 Å². The zero-order valence-electron chi connectivity index (χ0n) is 11.1. The molecule has 0 bridgehead atoms. The van der Waals surface area contributed by atoms with E-state index in [9.17, 15) is 9.18 Å². The Labute approximate surface area is 117 Å². The van der Waals surface area contributed by atoms with E-state index in [1.807, 2.05) is 25.2 Å². The molecule has 2 rings (SSSR count). The Hall–Kier alpha value is -2.40. The van der Waals surface area contributed by atoms with Gasteiger partial charge in [0.2, 0.25) is 0 Å². The first-order valence-electron chi connectivity index (χ1n) is 6.25. The van der Waals surface area contributed by atoms with E-state index in [2.05, 4.69) is 16.0 Å². The lowest BCUT2D eigenvalue weighted by Gasteiger charge is -2.12. The van der Waals surface area contributed by atoms with Gasteiger partial charge in [0.15, 0.2) is 0 Å². The van der Waals surface area contributed by atoms with Gasteiger partial charge in [0.05, 0.1) is 5.69 Å². The third-order valence-corrected chi connectivity index (χ3v) is 2.75. The summed E-state index contributed by atoms with van der Waals surface area (Å²) in [6.45, 7) is 0.635. The van der Waals surface area contributed by atoms with E-state index < -0.39 is 11.8 Å². The van der Waals surface area contributed by atoms with Gasteiger partial charge in [0, 0.05) is 12.2 Å². The summed E-state index contributed by atoms with van der Waals surface area (Å²) in [6.07, 6.45) is 0. The summed E-state index contributed by atoms with van der Waals surface area (Å²) in [5.74, 6) is -0.467. The van der Waals surface area contributed by atoms with Gasteiger partial charge < -0.3 is 16.0 Å². The lowest BCUT2D eigenvalue weighted by molar-refractivity contribution is 0.262. The number of amides is 2. The Morgan fingerprint density at radius 1 is 1.00 bits per heavy atom. The van der Waals surface area contributed by atoms with E-state index in [0.29, 0.717) is 12.2 Å². The lowest BCUT2D eigenvalue weighted by Crippen LogP contribution is -2.21. The minimum Gasteiger partial charge on any atom is -0.316 e. The predicted octanol–water partition coefficient (Wildman–Crippen LogP) is 3.19. The Morgan fingerprint density at radius 3 is 2.30 bits per heavy atom. The number of halogens is 1. The normalized spacial score (nSPS) is 10.1. The number of carbonyl (C=O) groups is 1. The molecular formula is C15H16FN3O. The van der Waals surface area contributed by atoms with Gasteiger partial charge in [-0.25, -0.2) is 9.18 Å². The molecule has 0 atom stereocenters. The molecule has 0 radical (unpaired) electrons.